The Kier molecular flexibility index (Phi) is 5.80. The molecule has 1 aliphatic heterocycles. The Morgan fingerprint density at radius 2 is 2.24 bits per heavy atom. The highest BCUT2D eigenvalue weighted by molar-refractivity contribution is 7.10. The van der Waals surface area contributed by atoms with Gasteiger partial charge < -0.3 is 15.0 Å². The quantitative estimate of drug-likeness (QED) is 0.848. The van der Waals surface area contributed by atoms with Crippen molar-refractivity contribution in [3.8, 4) is 0 Å². The highest BCUT2D eigenvalue weighted by Crippen LogP contribution is 2.15. The third kappa shape index (κ3) is 4.90. The molecule has 1 aromatic heterocycles. The standard InChI is InChI=1S/C15H20N2O3S/c1-2-9-20-15(19)16-12-5-7-17(8-6-12)14(18)11-13-4-3-10-21-13/h2-4,10,12H,1,5-9,11H2,(H,16,19). The topological polar surface area (TPSA) is 58.6 Å². The molecule has 2 rings (SSSR count). The van der Waals surface area contributed by atoms with Gasteiger partial charge in [-0.05, 0) is 24.3 Å². The van der Waals surface area contributed by atoms with Gasteiger partial charge in [0.15, 0.2) is 0 Å². The number of nitrogens with zero attached hydrogens (tertiary/aromatic N) is 1. The number of hydrogen-bond acceptors (Lipinski definition) is 4. The first-order chi connectivity index (χ1) is 10.2. The molecular formula is C15H20N2O3S. The zero-order valence-electron chi connectivity index (χ0n) is 11.9. The number of rotatable bonds is 5. The summed E-state index contributed by atoms with van der Waals surface area (Å²) in [7, 11) is 0. The molecule has 21 heavy (non-hydrogen) atoms. The Morgan fingerprint density at radius 3 is 2.86 bits per heavy atom. The molecule has 2 heterocycles. The fourth-order valence-electron chi connectivity index (χ4n) is 2.29. The van der Waals surface area contributed by atoms with Crippen molar-refractivity contribution in [2.45, 2.75) is 25.3 Å². The lowest BCUT2D eigenvalue weighted by Crippen LogP contribution is -2.47. The Hall–Kier alpha value is -1.82. The van der Waals surface area contributed by atoms with Crippen molar-refractivity contribution in [2.24, 2.45) is 0 Å². The van der Waals surface area contributed by atoms with Gasteiger partial charge in [-0.3, -0.25) is 4.79 Å². The lowest BCUT2D eigenvalue weighted by molar-refractivity contribution is -0.131. The van der Waals surface area contributed by atoms with Crippen LogP contribution < -0.4 is 5.32 Å². The van der Waals surface area contributed by atoms with Gasteiger partial charge in [0.25, 0.3) is 0 Å². The van der Waals surface area contributed by atoms with Crippen LogP contribution in [0.5, 0.6) is 0 Å². The first-order valence-electron chi connectivity index (χ1n) is 7.03. The van der Waals surface area contributed by atoms with Crippen molar-refractivity contribution in [3.63, 3.8) is 0 Å². The molecule has 1 saturated heterocycles. The van der Waals surface area contributed by atoms with Gasteiger partial charge >= 0.3 is 6.09 Å². The SMILES string of the molecule is C=CCOC(=O)NC1CCN(C(=O)Cc2cccs2)CC1. The molecule has 2 amide bonds. The van der Waals surface area contributed by atoms with Crippen LogP contribution in [0.3, 0.4) is 0 Å². The number of ether oxygens (including phenoxy) is 1. The smallest absolute Gasteiger partial charge is 0.407 e. The van der Waals surface area contributed by atoms with E-state index in [0.29, 0.717) is 19.5 Å². The molecule has 1 fully saturated rings. The predicted octanol–water partition coefficient (Wildman–Crippen LogP) is 2.19. The summed E-state index contributed by atoms with van der Waals surface area (Å²) in [6, 6.07) is 4.01. The minimum Gasteiger partial charge on any atom is -0.445 e. The zero-order valence-corrected chi connectivity index (χ0v) is 12.7. The second-order valence-corrected chi connectivity index (χ2v) is 5.97. The summed E-state index contributed by atoms with van der Waals surface area (Å²) in [5.41, 5.74) is 0. The number of piperidine rings is 1. The van der Waals surface area contributed by atoms with Gasteiger partial charge in [-0.1, -0.05) is 18.7 Å². The van der Waals surface area contributed by atoms with Gasteiger partial charge in [-0.25, -0.2) is 4.79 Å². The van der Waals surface area contributed by atoms with E-state index >= 15 is 0 Å². The molecule has 1 N–H and O–H groups in total. The van der Waals surface area contributed by atoms with Crippen LogP contribution in [0, 0.1) is 0 Å². The molecule has 0 atom stereocenters. The summed E-state index contributed by atoms with van der Waals surface area (Å²) >= 11 is 1.60. The van der Waals surface area contributed by atoms with Gasteiger partial charge in [0, 0.05) is 24.0 Å². The molecule has 5 nitrogen and oxygen atoms in total. The molecular weight excluding hydrogens is 288 g/mol. The Labute approximate surface area is 128 Å². The summed E-state index contributed by atoms with van der Waals surface area (Å²) in [5, 5.41) is 4.79. The minimum absolute atomic E-state index is 0.0769. The molecule has 0 saturated carbocycles. The maximum Gasteiger partial charge on any atom is 0.407 e. The van der Waals surface area contributed by atoms with Gasteiger partial charge in [0.05, 0.1) is 6.42 Å². The molecule has 114 valence electrons. The number of hydrogen-bond donors (Lipinski definition) is 1. The molecule has 0 aliphatic carbocycles. The van der Waals surface area contributed by atoms with E-state index in [0.717, 1.165) is 17.7 Å². The highest BCUT2D eigenvalue weighted by atomic mass is 32.1. The Bertz CT molecular complexity index is 479. The number of alkyl carbamates (subject to hydrolysis) is 1. The maximum atomic E-state index is 12.1. The highest BCUT2D eigenvalue weighted by Gasteiger charge is 2.24. The number of carbonyl (C=O) groups excluding carboxylic acids is 2. The van der Waals surface area contributed by atoms with Gasteiger partial charge in [-0.15, -0.1) is 11.3 Å². The summed E-state index contributed by atoms with van der Waals surface area (Å²) in [5.74, 6) is 0.158. The van der Waals surface area contributed by atoms with Gasteiger partial charge in [-0.2, -0.15) is 0 Å². The largest absolute Gasteiger partial charge is 0.445 e. The number of amides is 2. The monoisotopic (exact) mass is 308 g/mol. The molecule has 0 unspecified atom stereocenters. The van der Waals surface area contributed by atoms with E-state index in [-0.39, 0.29) is 18.6 Å². The molecule has 6 heteroatoms. The fourth-order valence-corrected chi connectivity index (χ4v) is 2.99. The first kappa shape index (κ1) is 15.6. The van der Waals surface area contributed by atoms with Crippen LogP contribution in [0.2, 0.25) is 0 Å². The number of likely N-dealkylation sites (tertiary alicyclic amines) is 1. The van der Waals surface area contributed by atoms with E-state index in [2.05, 4.69) is 11.9 Å². The average molecular weight is 308 g/mol. The van der Waals surface area contributed by atoms with E-state index < -0.39 is 6.09 Å². The molecule has 0 radical (unpaired) electrons. The Morgan fingerprint density at radius 1 is 1.48 bits per heavy atom. The van der Waals surface area contributed by atoms with Gasteiger partial charge in [0.1, 0.15) is 6.61 Å². The molecule has 0 spiro atoms. The first-order valence-corrected chi connectivity index (χ1v) is 7.91. The molecule has 0 bridgehead atoms. The third-order valence-corrected chi connectivity index (χ3v) is 4.28. The van der Waals surface area contributed by atoms with Gasteiger partial charge in [0.2, 0.25) is 5.91 Å². The van der Waals surface area contributed by atoms with Crippen molar-refractivity contribution in [3.05, 3.63) is 35.0 Å². The minimum atomic E-state index is -0.418. The lowest BCUT2D eigenvalue weighted by Gasteiger charge is -2.32. The third-order valence-electron chi connectivity index (χ3n) is 3.41. The number of nitrogens with one attached hydrogen (secondary N) is 1. The van der Waals surface area contributed by atoms with Crippen molar-refractivity contribution in [1.29, 1.82) is 0 Å². The summed E-state index contributed by atoms with van der Waals surface area (Å²) in [4.78, 5) is 26.5. The molecule has 1 aliphatic rings. The summed E-state index contributed by atoms with van der Waals surface area (Å²) in [6.45, 7) is 5.06. The summed E-state index contributed by atoms with van der Waals surface area (Å²) < 4.78 is 4.89. The van der Waals surface area contributed by atoms with Crippen LogP contribution in [0.25, 0.3) is 0 Å². The van der Waals surface area contributed by atoms with Crippen LogP contribution in [0.1, 0.15) is 17.7 Å². The normalized spacial score (nSPS) is 15.5. The van der Waals surface area contributed by atoms with E-state index in [1.54, 1.807) is 11.3 Å². The van der Waals surface area contributed by atoms with E-state index in [1.165, 1.54) is 6.08 Å². The Balaban J connectivity index is 1.71. The van der Waals surface area contributed by atoms with Crippen LogP contribution in [-0.2, 0) is 16.0 Å². The van der Waals surface area contributed by atoms with E-state index in [9.17, 15) is 9.59 Å². The zero-order chi connectivity index (χ0) is 15.1. The van der Waals surface area contributed by atoms with Crippen molar-refractivity contribution < 1.29 is 14.3 Å². The molecule has 1 aromatic rings. The average Bonchev–Trinajstić information content (AvgIpc) is 2.98. The predicted molar refractivity (Wildman–Crippen MR) is 82.3 cm³/mol. The molecule has 0 aromatic carbocycles. The van der Waals surface area contributed by atoms with Crippen LogP contribution in [-0.4, -0.2) is 42.6 Å². The van der Waals surface area contributed by atoms with Crippen LogP contribution >= 0.6 is 11.3 Å². The fraction of sp³-hybridized carbons (Fsp3) is 0.467. The maximum absolute atomic E-state index is 12.1. The number of thiophene rings is 1. The van der Waals surface area contributed by atoms with E-state index in [1.807, 2.05) is 22.4 Å². The van der Waals surface area contributed by atoms with Crippen molar-refractivity contribution in [2.75, 3.05) is 19.7 Å². The second-order valence-electron chi connectivity index (χ2n) is 4.94. The summed E-state index contributed by atoms with van der Waals surface area (Å²) in [6.07, 6.45) is 3.11. The lowest BCUT2D eigenvalue weighted by atomic mass is 10.0. The second kappa shape index (κ2) is 7.83. The van der Waals surface area contributed by atoms with Crippen molar-refractivity contribution in [1.82, 2.24) is 10.2 Å². The van der Waals surface area contributed by atoms with Crippen molar-refractivity contribution >= 4 is 23.3 Å². The van der Waals surface area contributed by atoms with Crippen LogP contribution in [0.4, 0.5) is 4.79 Å². The van der Waals surface area contributed by atoms with E-state index in [4.69, 9.17) is 4.74 Å². The number of carbonyl (C=O) groups is 2. The van der Waals surface area contributed by atoms with Crippen LogP contribution in [0.15, 0.2) is 30.2 Å².